The second kappa shape index (κ2) is 7.29. The van der Waals surface area contributed by atoms with Crippen LogP contribution < -0.4 is 0 Å². The molecule has 0 radical (unpaired) electrons. The van der Waals surface area contributed by atoms with Gasteiger partial charge >= 0.3 is 6.09 Å². The van der Waals surface area contributed by atoms with Gasteiger partial charge in [-0.3, -0.25) is 4.79 Å². The zero-order chi connectivity index (χ0) is 18.9. The Bertz CT molecular complexity index is 645. The number of nitrogens with zero attached hydrogens (tertiary/aromatic N) is 2. The number of amides is 2. The predicted molar refractivity (Wildman–Crippen MR) is 101 cm³/mol. The van der Waals surface area contributed by atoms with Crippen molar-refractivity contribution in [1.82, 2.24) is 9.80 Å². The fraction of sp³-hybridized carbons (Fsp3) is 0.619. The number of benzene rings is 1. The number of ether oxygens (including phenoxy) is 1. The van der Waals surface area contributed by atoms with Crippen molar-refractivity contribution in [3.8, 4) is 0 Å². The second-order valence-corrected chi connectivity index (χ2v) is 8.45. The van der Waals surface area contributed by atoms with Crippen LogP contribution in [0.5, 0.6) is 0 Å². The van der Waals surface area contributed by atoms with Crippen LogP contribution in [0.1, 0.15) is 58.4 Å². The summed E-state index contributed by atoms with van der Waals surface area (Å²) in [4.78, 5) is 28.4. The maximum atomic E-state index is 13.0. The third-order valence-corrected chi connectivity index (χ3v) is 5.25. The number of hydrogen-bond donors (Lipinski definition) is 0. The summed E-state index contributed by atoms with van der Waals surface area (Å²) in [6.45, 7) is 8.75. The van der Waals surface area contributed by atoms with Gasteiger partial charge in [-0.1, -0.05) is 30.3 Å². The summed E-state index contributed by atoms with van der Waals surface area (Å²) in [6, 6.07) is 10.7. The molecule has 142 valence electrons. The fourth-order valence-corrected chi connectivity index (χ4v) is 3.88. The van der Waals surface area contributed by atoms with E-state index >= 15 is 0 Å². The largest absolute Gasteiger partial charge is 0.444 e. The minimum Gasteiger partial charge on any atom is -0.444 e. The van der Waals surface area contributed by atoms with Crippen molar-refractivity contribution in [1.29, 1.82) is 0 Å². The van der Waals surface area contributed by atoms with Crippen LogP contribution in [0, 0.1) is 0 Å². The highest BCUT2D eigenvalue weighted by atomic mass is 16.6. The molecule has 2 atom stereocenters. The number of likely N-dealkylation sites (tertiary alicyclic amines) is 1. The van der Waals surface area contributed by atoms with Gasteiger partial charge in [0.1, 0.15) is 5.60 Å². The molecule has 0 spiro atoms. The molecule has 1 saturated heterocycles. The Morgan fingerprint density at radius 1 is 1.12 bits per heavy atom. The van der Waals surface area contributed by atoms with Crippen molar-refractivity contribution in [2.75, 3.05) is 13.1 Å². The van der Waals surface area contributed by atoms with E-state index in [4.69, 9.17) is 4.74 Å². The fourth-order valence-electron chi connectivity index (χ4n) is 3.88. The lowest BCUT2D eigenvalue weighted by Gasteiger charge is -2.39. The molecule has 2 aliphatic rings. The zero-order valence-electron chi connectivity index (χ0n) is 16.3. The molecule has 0 aromatic heterocycles. The van der Waals surface area contributed by atoms with Crippen LogP contribution in [-0.4, -0.2) is 52.6 Å². The molecule has 1 aliphatic carbocycles. The van der Waals surface area contributed by atoms with E-state index in [2.05, 4.69) is 12.1 Å². The second-order valence-electron chi connectivity index (χ2n) is 8.45. The number of carbonyl (C=O) groups excluding carboxylic acids is 2. The van der Waals surface area contributed by atoms with E-state index in [1.165, 1.54) is 5.56 Å². The summed E-state index contributed by atoms with van der Waals surface area (Å²) in [6.07, 6.45) is 2.39. The minimum absolute atomic E-state index is 0.112. The van der Waals surface area contributed by atoms with Crippen molar-refractivity contribution in [3.05, 3.63) is 35.9 Å². The highest BCUT2D eigenvalue weighted by molar-refractivity contribution is 5.73. The first-order valence-electron chi connectivity index (χ1n) is 9.58. The van der Waals surface area contributed by atoms with Crippen molar-refractivity contribution in [2.45, 2.75) is 70.6 Å². The third-order valence-electron chi connectivity index (χ3n) is 5.25. The van der Waals surface area contributed by atoms with Crippen molar-refractivity contribution in [2.24, 2.45) is 0 Å². The highest BCUT2D eigenvalue weighted by Crippen LogP contribution is 2.46. The van der Waals surface area contributed by atoms with Crippen molar-refractivity contribution >= 4 is 12.0 Å². The van der Waals surface area contributed by atoms with E-state index in [9.17, 15) is 9.59 Å². The van der Waals surface area contributed by atoms with Crippen molar-refractivity contribution < 1.29 is 14.3 Å². The summed E-state index contributed by atoms with van der Waals surface area (Å²) in [5, 5.41) is 0. The average molecular weight is 358 g/mol. The van der Waals surface area contributed by atoms with Crippen LogP contribution in [-0.2, 0) is 9.53 Å². The Balaban J connectivity index is 1.73. The highest BCUT2D eigenvalue weighted by Gasteiger charge is 2.48. The molecule has 0 bridgehead atoms. The van der Waals surface area contributed by atoms with E-state index < -0.39 is 5.60 Å². The maximum absolute atomic E-state index is 13.0. The molecule has 1 unspecified atom stereocenters. The van der Waals surface area contributed by atoms with E-state index in [1.807, 2.05) is 48.8 Å². The lowest BCUT2D eigenvalue weighted by atomic mass is 10.0. The third kappa shape index (κ3) is 4.37. The minimum atomic E-state index is -0.507. The predicted octanol–water partition coefficient (Wildman–Crippen LogP) is 3.79. The van der Waals surface area contributed by atoms with Gasteiger partial charge in [0.15, 0.2) is 0 Å². The van der Waals surface area contributed by atoms with E-state index in [0.717, 1.165) is 19.3 Å². The summed E-state index contributed by atoms with van der Waals surface area (Å²) in [7, 11) is 0. The first kappa shape index (κ1) is 18.7. The summed E-state index contributed by atoms with van der Waals surface area (Å²) < 4.78 is 5.72. The standard InChI is InChI=1S/C21H30N2O3/c1-15(24)22-12-10-17(11-13-22)23(20(25)26-21(2,3)4)19-14-18(19)16-8-6-5-7-9-16/h5-9,17-19H,10-14H2,1-4H3/t18?,19-/m1/s1. The van der Waals surface area contributed by atoms with Crippen molar-refractivity contribution in [3.63, 3.8) is 0 Å². The molecule has 0 N–H and O–H groups in total. The van der Waals surface area contributed by atoms with Gasteiger partial charge in [0.25, 0.3) is 0 Å². The van der Waals surface area contributed by atoms with Gasteiger partial charge in [0.2, 0.25) is 5.91 Å². The van der Waals surface area contributed by atoms with E-state index in [-0.39, 0.29) is 24.1 Å². The molecule has 1 heterocycles. The number of hydrogen-bond acceptors (Lipinski definition) is 3. The van der Waals surface area contributed by atoms with Gasteiger partial charge < -0.3 is 14.5 Å². The van der Waals surface area contributed by atoms with Gasteiger partial charge in [-0.15, -0.1) is 0 Å². The summed E-state index contributed by atoms with van der Waals surface area (Å²) >= 11 is 0. The molecular formula is C21H30N2O3. The molecule has 1 aromatic rings. The first-order valence-corrected chi connectivity index (χ1v) is 9.58. The Labute approximate surface area is 156 Å². The van der Waals surface area contributed by atoms with E-state index in [1.54, 1.807) is 6.92 Å². The van der Waals surface area contributed by atoms with Gasteiger partial charge in [-0.05, 0) is 45.6 Å². The molecule has 1 aliphatic heterocycles. The Morgan fingerprint density at radius 3 is 2.27 bits per heavy atom. The maximum Gasteiger partial charge on any atom is 0.410 e. The van der Waals surface area contributed by atoms with Crippen LogP contribution in [0.4, 0.5) is 4.79 Å². The van der Waals surface area contributed by atoms with E-state index in [0.29, 0.717) is 19.0 Å². The summed E-state index contributed by atoms with van der Waals surface area (Å²) in [5.74, 6) is 0.496. The number of piperidine rings is 1. The van der Waals surface area contributed by atoms with Gasteiger partial charge in [0.05, 0.1) is 0 Å². The SMILES string of the molecule is CC(=O)N1CCC(N(C(=O)OC(C)(C)C)[C@@H]2CC2c2ccccc2)CC1. The first-order chi connectivity index (χ1) is 12.3. The Morgan fingerprint density at radius 2 is 1.73 bits per heavy atom. The molecule has 26 heavy (non-hydrogen) atoms. The molecule has 2 amide bonds. The number of rotatable bonds is 3. The number of carbonyl (C=O) groups is 2. The van der Waals surface area contributed by atoms with Gasteiger partial charge in [0, 0.05) is 38.0 Å². The van der Waals surface area contributed by atoms with Crippen LogP contribution in [0.15, 0.2) is 30.3 Å². The lowest BCUT2D eigenvalue weighted by molar-refractivity contribution is -0.130. The van der Waals surface area contributed by atoms with Crippen LogP contribution in [0.3, 0.4) is 0 Å². The Kier molecular flexibility index (Phi) is 5.26. The normalized spacial score (nSPS) is 23.5. The Hall–Kier alpha value is -2.04. The van der Waals surface area contributed by atoms with Crippen LogP contribution in [0.2, 0.25) is 0 Å². The van der Waals surface area contributed by atoms with Gasteiger partial charge in [-0.25, -0.2) is 4.79 Å². The molecule has 5 heteroatoms. The topological polar surface area (TPSA) is 49.9 Å². The van der Waals surface area contributed by atoms with Gasteiger partial charge in [-0.2, -0.15) is 0 Å². The molecular weight excluding hydrogens is 328 g/mol. The molecule has 1 aromatic carbocycles. The molecule has 3 rings (SSSR count). The lowest BCUT2D eigenvalue weighted by Crippen LogP contribution is -2.50. The zero-order valence-corrected chi connectivity index (χ0v) is 16.3. The van der Waals surface area contributed by atoms with Crippen LogP contribution >= 0.6 is 0 Å². The monoisotopic (exact) mass is 358 g/mol. The molecule has 1 saturated carbocycles. The quantitative estimate of drug-likeness (QED) is 0.826. The summed E-state index contributed by atoms with van der Waals surface area (Å²) in [5.41, 5.74) is 0.777. The smallest absolute Gasteiger partial charge is 0.410 e. The average Bonchev–Trinajstić information content (AvgIpc) is 3.35. The molecule has 2 fully saturated rings. The molecule has 5 nitrogen and oxygen atoms in total. The van der Waals surface area contributed by atoms with Crippen LogP contribution in [0.25, 0.3) is 0 Å².